The second-order valence-corrected chi connectivity index (χ2v) is 5.81. The summed E-state index contributed by atoms with van der Waals surface area (Å²) in [4.78, 5) is 17.9. The number of amides is 1. The molecule has 27 heavy (non-hydrogen) atoms. The first-order chi connectivity index (χ1) is 13.0. The predicted octanol–water partition coefficient (Wildman–Crippen LogP) is 3.24. The molecule has 0 fully saturated rings. The van der Waals surface area contributed by atoms with Gasteiger partial charge in [0.05, 0.1) is 0 Å². The van der Waals surface area contributed by atoms with Crippen molar-refractivity contribution in [2.24, 2.45) is 0 Å². The SMILES string of the molecule is CN(CCc1noc(COc2ccccc2F)n1)C(=O)c1ccc(F)cc1. The molecule has 2 aromatic carbocycles. The molecule has 1 aromatic heterocycles. The van der Waals surface area contributed by atoms with Crippen LogP contribution in [0.15, 0.2) is 53.1 Å². The van der Waals surface area contributed by atoms with Gasteiger partial charge in [0, 0.05) is 25.6 Å². The molecule has 1 amide bonds. The summed E-state index contributed by atoms with van der Waals surface area (Å²) >= 11 is 0. The minimum atomic E-state index is -0.474. The summed E-state index contributed by atoms with van der Waals surface area (Å²) in [7, 11) is 1.63. The molecule has 0 saturated carbocycles. The van der Waals surface area contributed by atoms with Gasteiger partial charge in [0.1, 0.15) is 5.82 Å². The van der Waals surface area contributed by atoms with Crippen molar-refractivity contribution in [3.63, 3.8) is 0 Å². The molecule has 8 heteroatoms. The van der Waals surface area contributed by atoms with Gasteiger partial charge in [-0.3, -0.25) is 4.79 Å². The maximum Gasteiger partial charge on any atom is 0.264 e. The van der Waals surface area contributed by atoms with Gasteiger partial charge in [-0.15, -0.1) is 0 Å². The third kappa shape index (κ3) is 4.87. The Morgan fingerprint density at radius 1 is 1.15 bits per heavy atom. The molecule has 6 nitrogen and oxygen atoms in total. The highest BCUT2D eigenvalue weighted by Gasteiger charge is 2.14. The molecule has 0 aliphatic rings. The third-order valence-corrected chi connectivity index (χ3v) is 3.81. The minimum Gasteiger partial charge on any atom is -0.481 e. The van der Waals surface area contributed by atoms with Crippen molar-refractivity contribution < 1.29 is 22.8 Å². The highest BCUT2D eigenvalue weighted by molar-refractivity contribution is 5.93. The number of likely N-dealkylation sites (N-methyl/N-ethyl adjacent to an activating group) is 1. The van der Waals surface area contributed by atoms with E-state index in [1.165, 1.54) is 41.3 Å². The topological polar surface area (TPSA) is 68.5 Å². The minimum absolute atomic E-state index is 0.0573. The molecule has 0 N–H and O–H groups in total. The van der Waals surface area contributed by atoms with E-state index in [2.05, 4.69) is 10.1 Å². The number of aromatic nitrogens is 2. The Labute approximate surface area is 154 Å². The lowest BCUT2D eigenvalue weighted by Crippen LogP contribution is -2.29. The van der Waals surface area contributed by atoms with Crippen LogP contribution in [-0.2, 0) is 13.0 Å². The quantitative estimate of drug-likeness (QED) is 0.636. The van der Waals surface area contributed by atoms with Crippen molar-refractivity contribution in [1.82, 2.24) is 15.0 Å². The predicted molar refractivity (Wildman–Crippen MR) is 92.1 cm³/mol. The van der Waals surface area contributed by atoms with Gasteiger partial charge >= 0.3 is 0 Å². The number of hydrogen-bond donors (Lipinski definition) is 0. The number of benzene rings is 2. The maximum absolute atomic E-state index is 13.5. The molecule has 0 radical (unpaired) electrons. The Kier molecular flexibility index (Phi) is 5.75. The first-order valence-electron chi connectivity index (χ1n) is 8.23. The Morgan fingerprint density at radius 2 is 1.89 bits per heavy atom. The fraction of sp³-hybridized carbons (Fsp3) is 0.211. The number of ether oxygens (including phenoxy) is 1. The van der Waals surface area contributed by atoms with Crippen LogP contribution < -0.4 is 4.74 Å². The summed E-state index contributed by atoms with van der Waals surface area (Å²) in [5.74, 6) is -0.394. The lowest BCUT2D eigenvalue weighted by molar-refractivity contribution is 0.0795. The Balaban J connectivity index is 1.51. The van der Waals surface area contributed by atoms with E-state index in [0.717, 1.165) is 0 Å². The molecule has 140 valence electrons. The normalized spacial score (nSPS) is 10.6. The number of para-hydroxylation sites is 1. The molecular weight excluding hydrogens is 356 g/mol. The summed E-state index contributed by atoms with van der Waals surface area (Å²) in [6.07, 6.45) is 0.368. The first-order valence-corrected chi connectivity index (χ1v) is 8.23. The first kappa shape index (κ1) is 18.5. The third-order valence-electron chi connectivity index (χ3n) is 3.81. The molecule has 0 bridgehead atoms. The lowest BCUT2D eigenvalue weighted by atomic mass is 10.2. The van der Waals surface area contributed by atoms with E-state index in [-0.39, 0.29) is 24.2 Å². The molecule has 3 rings (SSSR count). The van der Waals surface area contributed by atoms with Crippen molar-refractivity contribution in [3.05, 3.63) is 77.4 Å². The standard InChI is InChI=1S/C19H17F2N3O3/c1-24(19(25)13-6-8-14(20)9-7-13)11-10-17-22-18(27-23-17)12-26-16-5-3-2-4-15(16)21/h2-9H,10-12H2,1H3. The zero-order chi connectivity index (χ0) is 19.2. The van der Waals surface area contributed by atoms with E-state index in [1.54, 1.807) is 19.2 Å². The van der Waals surface area contributed by atoms with Gasteiger partial charge in [-0.1, -0.05) is 17.3 Å². The van der Waals surface area contributed by atoms with E-state index >= 15 is 0 Å². The maximum atomic E-state index is 13.5. The van der Waals surface area contributed by atoms with E-state index in [0.29, 0.717) is 24.4 Å². The van der Waals surface area contributed by atoms with E-state index in [4.69, 9.17) is 9.26 Å². The lowest BCUT2D eigenvalue weighted by Gasteiger charge is -2.16. The fourth-order valence-corrected chi connectivity index (χ4v) is 2.33. The van der Waals surface area contributed by atoms with Crippen molar-refractivity contribution in [3.8, 4) is 5.75 Å². The van der Waals surface area contributed by atoms with Crippen LogP contribution >= 0.6 is 0 Å². The Hall–Kier alpha value is -3.29. The second kappa shape index (κ2) is 8.39. The smallest absolute Gasteiger partial charge is 0.264 e. The van der Waals surface area contributed by atoms with Crippen molar-refractivity contribution >= 4 is 5.91 Å². The molecule has 0 saturated heterocycles. The largest absolute Gasteiger partial charge is 0.481 e. The van der Waals surface area contributed by atoms with Gasteiger partial charge in [0.15, 0.2) is 24.0 Å². The summed E-state index contributed by atoms with van der Waals surface area (Å²) in [6.45, 7) is 0.293. The van der Waals surface area contributed by atoms with E-state index in [1.807, 2.05) is 0 Å². The molecule has 0 unspecified atom stereocenters. The van der Waals surface area contributed by atoms with Crippen molar-refractivity contribution in [1.29, 1.82) is 0 Å². The van der Waals surface area contributed by atoms with Gasteiger partial charge in [-0.05, 0) is 36.4 Å². The Morgan fingerprint density at radius 3 is 2.63 bits per heavy atom. The molecule has 0 aliphatic heterocycles. The Bertz CT molecular complexity index is 913. The van der Waals surface area contributed by atoms with Crippen molar-refractivity contribution in [2.45, 2.75) is 13.0 Å². The highest BCUT2D eigenvalue weighted by atomic mass is 19.1. The average Bonchev–Trinajstić information content (AvgIpc) is 3.13. The van der Waals surface area contributed by atoms with Crippen LogP contribution in [0.4, 0.5) is 8.78 Å². The summed E-state index contributed by atoms with van der Waals surface area (Å²) in [6, 6.07) is 11.4. The monoisotopic (exact) mass is 373 g/mol. The number of nitrogens with zero attached hydrogens (tertiary/aromatic N) is 3. The van der Waals surface area contributed by atoms with Crippen LogP contribution in [0.1, 0.15) is 22.1 Å². The number of halogens is 2. The van der Waals surface area contributed by atoms with Gasteiger partial charge < -0.3 is 14.2 Å². The molecule has 0 atom stereocenters. The van der Waals surface area contributed by atoms with Gasteiger partial charge in [-0.25, -0.2) is 8.78 Å². The molecule has 0 spiro atoms. The number of carbonyl (C=O) groups excluding carboxylic acids is 1. The molecular formula is C19H17F2N3O3. The second-order valence-electron chi connectivity index (χ2n) is 5.81. The summed E-state index contributed by atoms with van der Waals surface area (Å²) in [5.41, 5.74) is 0.394. The number of rotatable bonds is 7. The zero-order valence-corrected chi connectivity index (χ0v) is 14.6. The van der Waals surface area contributed by atoms with Crippen LogP contribution in [0, 0.1) is 11.6 Å². The highest BCUT2D eigenvalue weighted by Crippen LogP contribution is 2.16. The molecule has 1 heterocycles. The van der Waals surface area contributed by atoms with Gasteiger partial charge in [0.25, 0.3) is 11.8 Å². The summed E-state index contributed by atoms with van der Waals surface area (Å²) < 4.78 is 36.8. The summed E-state index contributed by atoms with van der Waals surface area (Å²) in [5, 5.41) is 3.82. The van der Waals surface area contributed by atoms with Crippen LogP contribution in [0.3, 0.4) is 0 Å². The van der Waals surface area contributed by atoms with E-state index in [9.17, 15) is 13.6 Å². The zero-order valence-electron chi connectivity index (χ0n) is 14.6. The van der Waals surface area contributed by atoms with Crippen LogP contribution in [0.2, 0.25) is 0 Å². The van der Waals surface area contributed by atoms with Crippen LogP contribution in [0.25, 0.3) is 0 Å². The average molecular weight is 373 g/mol. The molecule has 3 aromatic rings. The van der Waals surface area contributed by atoms with Crippen LogP contribution in [0.5, 0.6) is 5.75 Å². The number of hydrogen-bond acceptors (Lipinski definition) is 5. The van der Waals surface area contributed by atoms with Gasteiger partial charge in [-0.2, -0.15) is 4.98 Å². The number of carbonyl (C=O) groups is 1. The van der Waals surface area contributed by atoms with Crippen molar-refractivity contribution in [2.75, 3.05) is 13.6 Å². The van der Waals surface area contributed by atoms with Crippen LogP contribution in [-0.4, -0.2) is 34.5 Å². The fourth-order valence-electron chi connectivity index (χ4n) is 2.33. The van der Waals surface area contributed by atoms with E-state index < -0.39 is 11.6 Å². The molecule has 0 aliphatic carbocycles. The van der Waals surface area contributed by atoms with Gasteiger partial charge in [0.2, 0.25) is 0 Å².